The number of esters is 1. The lowest BCUT2D eigenvalue weighted by atomic mass is 10.2. The number of ether oxygens (including phenoxy) is 1. The van der Waals surface area contributed by atoms with Crippen molar-refractivity contribution >= 4 is 33.3 Å². The molecule has 0 aliphatic rings. The van der Waals surface area contributed by atoms with Crippen LogP contribution in [0.25, 0.3) is 0 Å². The monoisotopic (exact) mass is 433 g/mol. The molecule has 0 heterocycles. The molecule has 30 heavy (non-hydrogen) atoms. The first-order valence-electron chi connectivity index (χ1n) is 9.55. The van der Waals surface area contributed by atoms with Gasteiger partial charge in [-0.15, -0.1) is 0 Å². The highest BCUT2D eigenvalue weighted by Crippen LogP contribution is 2.20. The maximum Gasteiger partial charge on any atom is 0.338 e. The zero-order valence-electron chi connectivity index (χ0n) is 17.5. The van der Waals surface area contributed by atoms with E-state index in [1.165, 1.54) is 31.3 Å². The standard InChI is InChI=1S/C21H27N3O5S/c1-5-24(15(2)3)18-10-8-17(9-11-18)23-20(25)14-29-21(26)16-6-12-19(13-7-16)30(27,28)22-4/h6-13,15,22H,5,14H2,1-4H3,(H,23,25). The van der Waals surface area contributed by atoms with Crippen molar-refractivity contribution in [2.24, 2.45) is 0 Å². The minimum Gasteiger partial charge on any atom is -0.452 e. The molecule has 0 bridgehead atoms. The highest BCUT2D eigenvalue weighted by atomic mass is 32.2. The minimum atomic E-state index is -3.59. The maximum absolute atomic E-state index is 12.1. The smallest absolute Gasteiger partial charge is 0.338 e. The van der Waals surface area contributed by atoms with Crippen molar-refractivity contribution in [3.63, 3.8) is 0 Å². The number of carbonyl (C=O) groups is 2. The number of sulfonamides is 1. The summed E-state index contributed by atoms with van der Waals surface area (Å²) in [7, 11) is -2.29. The van der Waals surface area contributed by atoms with E-state index in [-0.39, 0.29) is 10.5 Å². The number of anilines is 2. The summed E-state index contributed by atoms with van der Waals surface area (Å²) in [6.45, 7) is 6.73. The van der Waals surface area contributed by atoms with Crippen LogP contribution in [0.5, 0.6) is 0 Å². The molecule has 0 unspecified atom stereocenters. The van der Waals surface area contributed by atoms with Crippen molar-refractivity contribution in [2.75, 3.05) is 30.4 Å². The van der Waals surface area contributed by atoms with Crippen LogP contribution < -0.4 is 14.9 Å². The molecule has 0 saturated heterocycles. The highest BCUT2D eigenvalue weighted by molar-refractivity contribution is 7.89. The average molecular weight is 434 g/mol. The first-order valence-corrected chi connectivity index (χ1v) is 11.0. The number of rotatable bonds is 9. The van der Waals surface area contributed by atoms with Gasteiger partial charge in [0, 0.05) is 24.0 Å². The third kappa shape index (κ3) is 6.04. The van der Waals surface area contributed by atoms with Crippen LogP contribution in [0.3, 0.4) is 0 Å². The highest BCUT2D eigenvalue weighted by Gasteiger charge is 2.15. The molecule has 0 aromatic heterocycles. The van der Waals surface area contributed by atoms with E-state index < -0.39 is 28.5 Å². The van der Waals surface area contributed by atoms with Crippen LogP contribution in [-0.4, -0.2) is 46.5 Å². The maximum atomic E-state index is 12.1. The van der Waals surface area contributed by atoms with Gasteiger partial charge in [-0.1, -0.05) is 0 Å². The van der Waals surface area contributed by atoms with Crippen molar-refractivity contribution in [1.82, 2.24) is 4.72 Å². The number of carbonyl (C=O) groups excluding carboxylic acids is 2. The Morgan fingerprint density at radius 2 is 1.63 bits per heavy atom. The summed E-state index contributed by atoms with van der Waals surface area (Å²) in [5.74, 6) is -1.19. The molecule has 0 atom stereocenters. The van der Waals surface area contributed by atoms with Crippen LogP contribution in [0.1, 0.15) is 31.1 Å². The van der Waals surface area contributed by atoms with Gasteiger partial charge < -0.3 is 15.0 Å². The molecular formula is C21H27N3O5S. The quantitative estimate of drug-likeness (QED) is 0.589. The lowest BCUT2D eigenvalue weighted by Crippen LogP contribution is -2.30. The molecule has 0 spiro atoms. The van der Waals surface area contributed by atoms with E-state index in [2.05, 4.69) is 35.7 Å². The summed E-state index contributed by atoms with van der Waals surface area (Å²) in [5, 5.41) is 2.68. The van der Waals surface area contributed by atoms with E-state index in [1.807, 2.05) is 12.1 Å². The van der Waals surface area contributed by atoms with Gasteiger partial charge in [-0.2, -0.15) is 0 Å². The van der Waals surface area contributed by atoms with E-state index >= 15 is 0 Å². The predicted octanol–water partition coefficient (Wildman–Crippen LogP) is 2.62. The molecule has 8 nitrogen and oxygen atoms in total. The summed E-state index contributed by atoms with van der Waals surface area (Å²) < 4.78 is 30.6. The Kier molecular flexibility index (Phi) is 7.96. The number of hydrogen-bond acceptors (Lipinski definition) is 6. The van der Waals surface area contributed by atoms with Gasteiger partial charge in [0.1, 0.15) is 0 Å². The van der Waals surface area contributed by atoms with Gasteiger partial charge >= 0.3 is 5.97 Å². The lowest BCUT2D eigenvalue weighted by molar-refractivity contribution is -0.119. The lowest BCUT2D eigenvalue weighted by Gasteiger charge is -2.27. The van der Waals surface area contributed by atoms with Crippen LogP contribution in [-0.2, 0) is 19.6 Å². The SMILES string of the molecule is CCN(c1ccc(NC(=O)COC(=O)c2ccc(S(=O)(=O)NC)cc2)cc1)C(C)C. The second-order valence-corrected chi connectivity index (χ2v) is 8.67. The van der Waals surface area contributed by atoms with E-state index in [0.29, 0.717) is 11.7 Å². The van der Waals surface area contributed by atoms with E-state index in [0.717, 1.165) is 12.2 Å². The van der Waals surface area contributed by atoms with Crippen LogP contribution in [0.4, 0.5) is 11.4 Å². The minimum absolute atomic E-state index is 0.0295. The summed E-state index contributed by atoms with van der Waals surface area (Å²) in [4.78, 5) is 26.4. The number of benzene rings is 2. The van der Waals surface area contributed by atoms with Gasteiger partial charge in [-0.25, -0.2) is 17.9 Å². The average Bonchev–Trinajstić information content (AvgIpc) is 2.73. The third-order valence-electron chi connectivity index (χ3n) is 4.45. The Hall–Kier alpha value is -2.91. The van der Waals surface area contributed by atoms with Crippen molar-refractivity contribution in [3.05, 3.63) is 54.1 Å². The second kappa shape index (κ2) is 10.2. The Labute approximate surface area is 177 Å². The largest absolute Gasteiger partial charge is 0.452 e. The molecule has 9 heteroatoms. The third-order valence-corrected chi connectivity index (χ3v) is 5.88. The number of hydrogen-bond donors (Lipinski definition) is 2. The molecular weight excluding hydrogens is 406 g/mol. The number of nitrogens with one attached hydrogen (secondary N) is 2. The van der Waals surface area contributed by atoms with Crippen molar-refractivity contribution in [1.29, 1.82) is 0 Å². The Morgan fingerprint density at radius 1 is 1.03 bits per heavy atom. The zero-order chi connectivity index (χ0) is 22.3. The summed E-state index contributed by atoms with van der Waals surface area (Å²) in [6, 6.07) is 13.0. The molecule has 0 aliphatic carbocycles. The molecule has 2 rings (SSSR count). The van der Waals surface area contributed by atoms with Gasteiger partial charge in [-0.05, 0) is 76.3 Å². The van der Waals surface area contributed by atoms with Crippen LogP contribution in [0, 0.1) is 0 Å². The van der Waals surface area contributed by atoms with E-state index in [4.69, 9.17) is 4.74 Å². The van der Waals surface area contributed by atoms with Crippen LogP contribution in [0.15, 0.2) is 53.4 Å². The molecule has 0 aliphatic heterocycles. The molecule has 0 fully saturated rings. The van der Waals surface area contributed by atoms with Crippen molar-refractivity contribution in [3.8, 4) is 0 Å². The van der Waals surface area contributed by atoms with Crippen LogP contribution in [0.2, 0.25) is 0 Å². The van der Waals surface area contributed by atoms with Crippen molar-refractivity contribution in [2.45, 2.75) is 31.7 Å². The molecule has 0 radical (unpaired) electrons. The van der Waals surface area contributed by atoms with Crippen molar-refractivity contribution < 1.29 is 22.7 Å². The summed E-state index contributed by atoms with van der Waals surface area (Å²) in [6.07, 6.45) is 0. The fourth-order valence-corrected chi connectivity index (χ4v) is 3.61. The summed E-state index contributed by atoms with van der Waals surface area (Å²) >= 11 is 0. The fourth-order valence-electron chi connectivity index (χ4n) is 2.88. The normalized spacial score (nSPS) is 11.2. The van der Waals surface area contributed by atoms with Gasteiger partial charge in [0.15, 0.2) is 6.61 Å². The molecule has 2 N–H and O–H groups in total. The van der Waals surface area contributed by atoms with Gasteiger partial charge in [0.25, 0.3) is 5.91 Å². The molecule has 162 valence electrons. The first kappa shape index (κ1) is 23.4. The Balaban J connectivity index is 1.90. The van der Waals surface area contributed by atoms with E-state index in [9.17, 15) is 18.0 Å². The Bertz CT molecular complexity index is 971. The number of nitrogens with zero attached hydrogens (tertiary/aromatic N) is 1. The first-order chi connectivity index (χ1) is 14.2. The summed E-state index contributed by atoms with van der Waals surface area (Å²) in [5.41, 5.74) is 1.80. The fraction of sp³-hybridized carbons (Fsp3) is 0.333. The molecule has 1 amide bonds. The van der Waals surface area contributed by atoms with Crippen LogP contribution >= 0.6 is 0 Å². The Morgan fingerprint density at radius 3 is 2.13 bits per heavy atom. The molecule has 0 saturated carbocycles. The topological polar surface area (TPSA) is 105 Å². The van der Waals surface area contributed by atoms with Gasteiger partial charge in [-0.3, -0.25) is 4.79 Å². The van der Waals surface area contributed by atoms with Gasteiger partial charge in [0.2, 0.25) is 10.0 Å². The second-order valence-electron chi connectivity index (χ2n) is 6.78. The predicted molar refractivity (Wildman–Crippen MR) is 116 cm³/mol. The molecule has 2 aromatic rings. The zero-order valence-corrected chi connectivity index (χ0v) is 18.3. The number of amides is 1. The van der Waals surface area contributed by atoms with E-state index in [1.54, 1.807) is 12.1 Å². The van der Waals surface area contributed by atoms with Gasteiger partial charge in [0.05, 0.1) is 10.5 Å². The molecule has 2 aromatic carbocycles.